The number of hydrogen-bond acceptors (Lipinski definition) is 3. The van der Waals surface area contributed by atoms with E-state index in [4.69, 9.17) is 0 Å². The molecule has 1 aliphatic heterocycles. The molecule has 1 heterocycles. The zero-order valence-corrected chi connectivity index (χ0v) is 11.2. The summed E-state index contributed by atoms with van der Waals surface area (Å²) in [5.74, 6) is -0.0705. The number of piperazine rings is 1. The van der Waals surface area contributed by atoms with Crippen LogP contribution in [0.1, 0.15) is 11.1 Å². The molecule has 2 rings (SSSR count). The van der Waals surface area contributed by atoms with Crippen LogP contribution >= 0.6 is 11.8 Å². The van der Waals surface area contributed by atoms with Crippen LogP contribution in [0.15, 0.2) is 17.0 Å². The monoisotopic (exact) mass is 254 g/mol. The summed E-state index contributed by atoms with van der Waals surface area (Å²) in [6.45, 7) is 6.69. The molecule has 1 aromatic carbocycles. The third kappa shape index (κ3) is 3.21. The number of rotatable bonds is 3. The van der Waals surface area contributed by atoms with Crippen molar-refractivity contribution < 1.29 is 4.39 Å². The van der Waals surface area contributed by atoms with E-state index in [0.717, 1.165) is 43.9 Å². The van der Waals surface area contributed by atoms with Crippen LogP contribution in [0, 0.1) is 12.7 Å². The van der Waals surface area contributed by atoms with Crippen LogP contribution in [0.4, 0.5) is 4.39 Å². The van der Waals surface area contributed by atoms with Crippen molar-refractivity contribution in [2.24, 2.45) is 0 Å². The molecule has 1 N–H and O–H groups in total. The average molecular weight is 254 g/mol. The minimum atomic E-state index is -0.0705. The number of benzene rings is 1. The van der Waals surface area contributed by atoms with E-state index in [1.165, 1.54) is 4.90 Å². The molecule has 1 saturated heterocycles. The summed E-state index contributed by atoms with van der Waals surface area (Å²) in [4.78, 5) is 3.48. The highest BCUT2D eigenvalue weighted by Gasteiger charge is 2.13. The molecule has 1 fully saturated rings. The van der Waals surface area contributed by atoms with Crippen molar-refractivity contribution in [2.45, 2.75) is 18.4 Å². The summed E-state index contributed by atoms with van der Waals surface area (Å²) >= 11 is 1.68. The van der Waals surface area contributed by atoms with Crippen molar-refractivity contribution in [3.8, 4) is 0 Å². The van der Waals surface area contributed by atoms with Crippen molar-refractivity contribution >= 4 is 11.8 Å². The quantitative estimate of drug-likeness (QED) is 0.833. The lowest BCUT2D eigenvalue weighted by Gasteiger charge is -2.27. The van der Waals surface area contributed by atoms with Gasteiger partial charge < -0.3 is 5.32 Å². The lowest BCUT2D eigenvalue weighted by Crippen LogP contribution is -2.43. The van der Waals surface area contributed by atoms with Gasteiger partial charge in [0.25, 0.3) is 0 Å². The van der Waals surface area contributed by atoms with Crippen LogP contribution in [0.2, 0.25) is 0 Å². The lowest BCUT2D eigenvalue weighted by molar-refractivity contribution is 0.230. The van der Waals surface area contributed by atoms with E-state index in [0.29, 0.717) is 0 Å². The highest BCUT2D eigenvalue weighted by molar-refractivity contribution is 7.98. The summed E-state index contributed by atoms with van der Waals surface area (Å²) < 4.78 is 13.9. The van der Waals surface area contributed by atoms with Crippen molar-refractivity contribution in [1.82, 2.24) is 10.2 Å². The number of halogens is 1. The highest BCUT2D eigenvalue weighted by atomic mass is 32.2. The predicted octanol–water partition coefficient (Wildman–Crippen LogP) is 2.26. The first kappa shape index (κ1) is 12.9. The summed E-state index contributed by atoms with van der Waals surface area (Å²) in [6, 6.07) is 3.65. The molecule has 1 aromatic rings. The second-order valence-electron chi connectivity index (χ2n) is 4.44. The number of hydrogen-bond donors (Lipinski definition) is 1. The Morgan fingerprint density at radius 1 is 1.35 bits per heavy atom. The molecule has 4 heteroatoms. The zero-order chi connectivity index (χ0) is 12.3. The SMILES string of the molecule is CSc1cc(CN2CCNCC2)c(F)cc1C. The molecule has 0 amide bonds. The first-order valence-corrected chi connectivity index (χ1v) is 7.19. The third-order valence-corrected chi connectivity index (χ3v) is 4.05. The fourth-order valence-corrected chi connectivity index (χ4v) is 2.79. The van der Waals surface area contributed by atoms with Gasteiger partial charge in [0, 0.05) is 43.2 Å². The number of aryl methyl sites for hydroxylation is 1. The second-order valence-corrected chi connectivity index (χ2v) is 5.29. The largest absolute Gasteiger partial charge is 0.314 e. The van der Waals surface area contributed by atoms with Crippen molar-refractivity contribution in [3.63, 3.8) is 0 Å². The summed E-state index contributed by atoms with van der Waals surface area (Å²) in [5, 5.41) is 3.31. The van der Waals surface area contributed by atoms with Crippen LogP contribution in [0.3, 0.4) is 0 Å². The Labute approximate surface area is 107 Å². The fraction of sp³-hybridized carbons (Fsp3) is 0.538. The van der Waals surface area contributed by atoms with Gasteiger partial charge in [0.05, 0.1) is 0 Å². The van der Waals surface area contributed by atoms with Gasteiger partial charge in [0.2, 0.25) is 0 Å². The Hall–Kier alpha value is -0.580. The molecule has 0 aliphatic carbocycles. The zero-order valence-electron chi connectivity index (χ0n) is 10.4. The molecule has 2 nitrogen and oxygen atoms in total. The molecule has 0 radical (unpaired) electrons. The number of nitrogens with zero attached hydrogens (tertiary/aromatic N) is 1. The van der Waals surface area contributed by atoms with Gasteiger partial charge >= 0.3 is 0 Å². The van der Waals surface area contributed by atoms with E-state index >= 15 is 0 Å². The van der Waals surface area contributed by atoms with Crippen molar-refractivity contribution in [3.05, 3.63) is 29.1 Å². The van der Waals surface area contributed by atoms with Gasteiger partial charge in [0.1, 0.15) is 5.82 Å². The van der Waals surface area contributed by atoms with Crippen LogP contribution in [0.25, 0.3) is 0 Å². The van der Waals surface area contributed by atoms with E-state index in [9.17, 15) is 4.39 Å². The molecular weight excluding hydrogens is 235 g/mol. The smallest absolute Gasteiger partial charge is 0.128 e. The molecule has 17 heavy (non-hydrogen) atoms. The Balaban J connectivity index is 2.13. The van der Waals surface area contributed by atoms with Crippen LogP contribution < -0.4 is 5.32 Å². The predicted molar refractivity (Wildman–Crippen MR) is 71.1 cm³/mol. The maximum absolute atomic E-state index is 13.9. The number of thioether (sulfide) groups is 1. The minimum absolute atomic E-state index is 0.0705. The van der Waals surface area contributed by atoms with Gasteiger partial charge in [-0.3, -0.25) is 4.90 Å². The normalized spacial score (nSPS) is 17.4. The first-order valence-electron chi connectivity index (χ1n) is 5.97. The molecule has 94 valence electrons. The molecule has 0 saturated carbocycles. The van der Waals surface area contributed by atoms with Gasteiger partial charge in [-0.05, 0) is 30.9 Å². The van der Waals surface area contributed by atoms with Crippen LogP contribution in [-0.4, -0.2) is 37.3 Å². The molecule has 0 unspecified atom stereocenters. The van der Waals surface area contributed by atoms with E-state index in [2.05, 4.69) is 10.2 Å². The Morgan fingerprint density at radius 3 is 2.71 bits per heavy atom. The lowest BCUT2D eigenvalue weighted by atomic mass is 10.1. The Kier molecular flexibility index (Phi) is 4.42. The summed E-state index contributed by atoms with van der Waals surface area (Å²) in [7, 11) is 0. The second kappa shape index (κ2) is 5.85. The molecule has 0 aromatic heterocycles. The van der Waals surface area contributed by atoms with Crippen molar-refractivity contribution in [1.29, 1.82) is 0 Å². The average Bonchev–Trinajstić information content (AvgIpc) is 2.34. The van der Waals surface area contributed by atoms with Crippen LogP contribution in [-0.2, 0) is 6.54 Å². The van der Waals surface area contributed by atoms with Gasteiger partial charge in [-0.1, -0.05) is 0 Å². The first-order chi connectivity index (χ1) is 8.20. The topological polar surface area (TPSA) is 15.3 Å². The van der Waals surface area contributed by atoms with Gasteiger partial charge in [-0.15, -0.1) is 11.8 Å². The highest BCUT2D eigenvalue weighted by Crippen LogP contribution is 2.24. The molecule has 0 bridgehead atoms. The van der Waals surface area contributed by atoms with E-state index in [1.54, 1.807) is 17.8 Å². The van der Waals surface area contributed by atoms with Gasteiger partial charge in [-0.2, -0.15) is 0 Å². The standard InChI is InChI=1S/C13H19FN2S/c1-10-7-12(14)11(8-13(10)17-2)9-16-5-3-15-4-6-16/h7-8,15H,3-6,9H2,1-2H3. The van der Waals surface area contributed by atoms with E-state index < -0.39 is 0 Å². The van der Waals surface area contributed by atoms with Crippen molar-refractivity contribution in [2.75, 3.05) is 32.4 Å². The van der Waals surface area contributed by atoms with E-state index in [-0.39, 0.29) is 5.82 Å². The molecule has 1 aliphatic rings. The third-order valence-electron chi connectivity index (χ3n) is 3.17. The van der Waals surface area contributed by atoms with Gasteiger partial charge in [-0.25, -0.2) is 4.39 Å². The Morgan fingerprint density at radius 2 is 2.06 bits per heavy atom. The summed E-state index contributed by atoms with van der Waals surface area (Å²) in [5.41, 5.74) is 1.85. The van der Waals surface area contributed by atoms with Crippen LogP contribution in [0.5, 0.6) is 0 Å². The Bertz CT molecular complexity index is 389. The maximum Gasteiger partial charge on any atom is 0.128 e. The maximum atomic E-state index is 13.9. The molecular formula is C13H19FN2S. The van der Waals surface area contributed by atoms with E-state index in [1.807, 2.05) is 19.2 Å². The van der Waals surface area contributed by atoms with Gasteiger partial charge in [0.15, 0.2) is 0 Å². The molecule has 0 spiro atoms. The molecule has 0 atom stereocenters. The summed E-state index contributed by atoms with van der Waals surface area (Å²) in [6.07, 6.45) is 2.04. The number of nitrogens with one attached hydrogen (secondary N) is 1. The fourth-order valence-electron chi connectivity index (χ4n) is 2.15. The minimum Gasteiger partial charge on any atom is -0.314 e.